The van der Waals surface area contributed by atoms with E-state index in [-0.39, 0.29) is 24.5 Å². The minimum absolute atomic E-state index is 0.154. The van der Waals surface area contributed by atoms with Crippen LogP contribution in [0.2, 0.25) is 0 Å². The minimum atomic E-state index is -0.193. The van der Waals surface area contributed by atoms with E-state index in [4.69, 9.17) is 0 Å². The van der Waals surface area contributed by atoms with Gasteiger partial charge in [0.15, 0.2) is 0 Å². The number of carbonyl (C=O) groups excluding carboxylic acids is 2. The van der Waals surface area contributed by atoms with Crippen molar-refractivity contribution in [2.45, 2.75) is 37.8 Å². The highest BCUT2D eigenvalue weighted by molar-refractivity contribution is 6.02. The monoisotopic (exact) mass is 223 g/mol. The maximum absolute atomic E-state index is 11.6. The molecule has 0 saturated carbocycles. The molecule has 0 aromatic carbocycles. The van der Waals surface area contributed by atoms with Crippen molar-refractivity contribution in [3.8, 4) is 0 Å². The molecule has 0 aromatic heterocycles. The number of hydrogen-bond acceptors (Lipinski definition) is 3. The van der Waals surface area contributed by atoms with Crippen LogP contribution in [0.25, 0.3) is 0 Å². The molecule has 3 amide bonds. The van der Waals surface area contributed by atoms with E-state index in [9.17, 15) is 9.59 Å². The van der Waals surface area contributed by atoms with E-state index < -0.39 is 0 Å². The van der Waals surface area contributed by atoms with Gasteiger partial charge in [-0.1, -0.05) is 0 Å². The van der Waals surface area contributed by atoms with Crippen molar-refractivity contribution in [1.82, 2.24) is 15.1 Å². The van der Waals surface area contributed by atoms with Crippen LogP contribution in [0, 0.1) is 0 Å². The van der Waals surface area contributed by atoms with Crippen molar-refractivity contribution in [2.75, 3.05) is 19.6 Å². The van der Waals surface area contributed by atoms with Gasteiger partial charge in [-0.05, 0) is 32.2 Å². The van der Waals surface area contributed by atoms with Crippen molar-refractivity contribution >= 4 is 11.9 Å². The lowest BCUT2D eigenvalue weighted by Gasteiger charge is -2.38. The summed E-state index contributed by atoms with van der Waals surface area (Å²) in [7, 11) is 0. The molecule has 0 spiro atoms. The lowest BCUT2D eigenvalue weighted by Crippen LogP contribution is -2.48. The molecule has 5 nitrogen and oxygen atoms in total. The molecule has 3 heterocycles. The first kappa shape index (κ1) is 10.1. The first-order chi connectivity index (χ1) is 7.74. The third kappa shape index (κ3) is 1.59. The maximum atomic E-state index is 11.6. The number of rotatable bonds is 1. The quantitative estimate of drug-likeness (QED) is 0.644. The van der Waals surface area contributed by atoms with Gasteiger partial charge in [0.25, 0.3) is 0 Å². The Labute approximate surface area is 94.8 Å². The predicted molar refractivity (Wildman–Crippen MR) is 57.9 cm³/mol. The Kier molecular flexibility index (Phi) is 2.35. The Morgan fingerprint density at radius 2 is 2.00 bits per heavy atom. The Morgan fingerprint density at radius 3 is 2.75 bits per heavy atom. The van der Waals surface area contributed by atoms with Gasteiger partial charge < -0.3 is 9.80 Å². The summed E-state index contributed by atoms with van der Waals surface area (Å²) in [6.45, 7) is 2.55. The van der Waals surface area contributed by atoms with Crippen molar-refractivity contribution < 1.29 is 9.59 Å². The van der Waals surface area contributed by atoms with E-state index in [0.29, 0.717) is 6.04 Å². The second-order valence-corrected chi connectivity index (χ2v) is 4.99. The van der Waals surface area contributed by atoms with Crippen molar-refractivity contribution in [2.24, 2.45) is 0 Å². The molecule has 0 bridgehead atoms. The van der Waals surface area contributed by atoms with Crippen LogP contribution in [-0.4, -0.2) is 53.5 Å². The average Bonchev–Trinajstić information content (AvgIpc) is 2.83. The zero-order chi connectivity index (χ0) is 11.1. The van der Waals surface area contributed by atoms with Gasteiger partial charge in [0.1, 0.15) is 6.54 Å². The Morgan fingerprint density at radius 1 is 1.12 bits per heavy atom. The van der Waals surface area contributed by atoms with Crippen molar-refractivity contribution in [3.63, 3.8) is 0 Å². The third-order valence-corrected chi connectivity index (χ3v) is 4.05. The predicted octanol–water partition coefficient (Wildman–Crippen LogP) is 0.165. The third-order valence-electron chi connectivity index (χ3n) is 4.05. The maximum Gasteiger partial charge on any atom is 0.324 e. The molecule has 16 heavy (non-hydrogen) atoms. The number of fused-ring (bicyclic) bond motifs is 1. The molecule has 3 rings (SSSR count). The first-order valence-electron chi connectivity index (χ1n) is 6.08. The largest absolute Gasteiger partial charge is 0.324 e. The fraction of sp³-hybridized carbons (Fsp3) is 0.818. The lowest BCUT2D eigenvalue weighted by molar-refractivity contribution is -0.118. The van der Waals surface area contributed by atoms with Gasteiger partial charge in [0.05, 0.1) is 0 Å². The molecule has 3 aliphatic heterocycles. The SMILES string of the molecule is O=C1CN(C2CCN3CCCC3C2)C(=O)N1. The van der Waals surface area contributed by atoms with Gasteiger partial charge >= 0.3 is 6.03 Å². The van der Waals surface area contributed by atoms with Gasteiger partial charge in [0, 0.05) is 18.6 Å². The second-order valence-electron chi connectivity index (χ2n) is 4.99. The number of piperidine rings is 1. The number of hydrogen-bond donors (Lipinski definition) is 1. The van der Waals surface area contributed by atoms with Gasteiger partial charge in [0.2, 0.25) is 5.91 Å². The summed E-state index contributed by atoms with van der Waals surface area (Å²) in [6, 6.07) is 0.717. The number of nitrogens with one attached hydrogen (secondary N) is 1. The van der Waals surface area contributed by atoms with Crippen molar-refractivity contribution in [3.05, 3.63) is 0 Å². The van der Waals surface area contributed by atoms with Crippen molar-refractivity contribution in [1.29, 1.82) is 0 Å². The summed E-state index contributed by atoms with van der Waals surface area (Å²) >= 11 is 0. The summed E-state index contributed by atoms with van der Waals surface area (Å²) in [4.78, 5) is 26.9. The van der Waals surface area contributed by atoms with Crippen LogP contribution in [-0.2, 0) is 4.79 Å². The summed E-state index contributed by atoms with van der Waals surface area (Å²) < 4.78 is 0. The van der Waals surface area contributed by atoms with Gasteiger partial charge in [-0.15, -0.1) is 0 Å². The van der Waals surface area contributed by atoms with Crippen LogP contribution >= 0.6 is 0 Å². The number of carbonyl (C=O) groups is 2. The molecule has 0 aromatic rings. The van der Waals surface area contributed by atoms with Crippen LogP contribution in [0.1, 0.15) is 25.7 Å². The van der Waals surface area contributed by atoms with E-state index in [1.54, 1.807) is 4.90 Å². The number of imide groups is 1. The zero-order valence-corrected chi connectivity index (χ0v) is 9.32. The first-order valence-corrected chi connectivity index (χ1v) is 6.08. The summed E-state index contributed by atoms with van der Waals surface area (Å²) in [5.74, 6) is -0.154. The molecule has 2 atom stereocenters. The molecule has 3 saturated heterocycles. The van der Waals surface area contributed by atoms with Crippen LogP contribution in [0.5, 0.6) is 0 Å². The fourth-order valence-corrected chi connectivity index (χ4v) is 3.24. The summed E-state index contributed by atoms with van der Waals surface area (Å²) in [5, 5.41) is 2.36. The number of amides is 3. The molecular weight excluding hydrogens is 206 g/mol. The van der Waals surface area contributed by atoms with Gasteiger partial charge in [-0.3, -0.25) is 10.1 Å². The molecular formula is C11H17N3O2. The summed E-state index contributed by atoms with van der Waals surface area (Å²) in [6.07, 6.45) is 4.58. The highest BCUT2D eigenvalue weighted by atomic mass is 16.2. The molecule has 3 aliphatic rings. The summed E-state index contributed by atoms with van der Waals surface area (Å²) in [5.41, 5.74) is 0. The molecule has 88 valence electrons. The highest BCUT2D eigenvalue weighted by Gasteiger charge is 2.39. The van der Waals surface area contributed by atoms with Crippen LogP contribution < -0.4 is 5.32 Å². The molecule has 0 radical (unpaired) electrons. The van der Waals surface area contributed by atoms with Crippen LogP contribution in [0.3, 0.4) is 0 Å². The standard InChI is InChI=1S/C11H17N3O2/c15-10-7-14(11(16)12-10)9-3-5-13-4-1-2-8(13)6-9/h8-9H,1-7H2,(H,12,15,16). The Bertz CT molecular complexity index is 331. The molecule has 0 aliphatic carbocycles. The molecule has 3 fully saturated rings. The van der Waals surface area contributed by atoms with Gasteiger partial charge in [-0.25, -0.2) is 4.79 Å². The molecule has 1 N–H and O–H groups in total. The Hall–Kier alpha value is -1.10. The Balaban J connectivity index is 1.67. The topological polar surface area (TPSA) is 52.7 Å². The van der Waals surface area contributed by atoms with E-state index in [1.807, 2.05) is 0 Å². The minimum Gasteiger partial charge on any atom is -0.312 e. The van der Waals surface area contributed by atoms with Crippen LogP contribution in [0.15, 0.2) is 0 Å². The second kappa shape index (κ2) is 3.73. The lowest BCUT2D eigenvalue weighted by atomic mass is 9.96. The smallest absolute Gasteiger partial charge is 0.312 e. The van der Waals surface area contributed by atoms with Crippen LogP contribution in [0.4, 0.5) is 4.79 Å². The van der Waals surface area contributed by atoms with E-state index in [1.165, 1.54) is 19.4 Å². The normalized spacial score (nSPS) is 35.4. The zero-order valence-electron chi connectivity index (χ0n) is 9.32. The van der Waals surface area contributed by atoms with E-state index >= 15 is 0 Å². The number of nitrogens with zero attached hydrogens (tertiary/aromatic N) is 2. The van der Waals surface area contributed by atoms with Gasteiger partial charge in [-0.2, -0.15) is 0 Å². The number of urea groups is 1. The van der Waals surface area contributed by atoms with E-state index in [0.717, 1.165) is 19.4 Å². The molecule has 5 heteroatoms. The van der Waals surface area contributed by atoms with E-state index in [2.05, 4.69) is 10.2 Å². The fourth-order valence-electron chi connectivity index (χ4n) is 3.24. The highest BCUT2D eigenvalue weighted by Crippen LogP contribution is 2.29. The average molecular weight is 223 g/mol. The molecule has 2 unspecified atom stereocenters.